The van der Waals surface area contributed by atoms with Crippen LogP contribution in [0.3, 0.4) is 0 Å². The third-order valence-corrected chi connectivity index (χ3v) is 4.32. The summed E-state index contributed by atoms with van der Waals surface area (Å²) in [6.45, 7) is 4.19. The minimum atomic E-state index is 0.460. The molecule has 1 unspecified atom stereocenters. The molecule has 92 valence electrons. The number of hydrogen-bond donors (Lipinski definition) is 1. The SMILES string of the molecule is CCC1CCSC(Nc2cccc(C)c2Cl)=N1. The summed E-state index contributed by atoms with van der Waals surface area (Å²) in [5.41, 5.74) is 2.04. The molecule has 1 aliphatic rings. The fourth-order valence-corrected chi connectivity index (χ4v) is 2.94. The molecule has 0 aromatic heterocycles. The first-order valence-electron chi connectivity index (χ1n) is 5.93. The van der Waals surface area contributed by atoms with Crippen LogP contribution in [0, 0.1) is 6.92 Å². The molecule has 0 bridgehead atoms. The lowest BCUT2D eigenvalue weighted by molar-refractivity contribution is 0.634. The highest BCUT2D eigenvalue weighted by Gasteiger charge is 2.15. The second-order valence-corrected chi connectivity index (χ2v) is 5.66. The van der Waals surface area contributed by atoms with E-state index in [4.69, 9.17) is 11.6 Å². The Morgan fingerprint density at radius 2 is 2.35 bits per heavy atom. The molecule has 2 rings (SSSR count). The van der Waals surface area contributed by atoms with Crippen molar-refractivity contribution in [1.29, 1.82) is 0 Å². The van der Waals surface area contributed by atoms with Crippen molar-refractivity contribution in [3.05, 3.63) is 28.8 Å². The van der Waals surface area contributed by atoms with Gasteiger partial charge in [0.1, 0.15) is 0 Å². The van der Waals surface area contributed by atoms with Crippen LogP contribution in [0.5, 0.6) is 0 Å². The number of nitrogens with one attached hydrogen (secondary N) is 1. The van der Waals surface area contributed by atoms with Crippen molar-refractivity contribution in [2.45, 2.75) is 32.7 Å². The Hall–Kier alpha value is -0.670. The van der Waals surface area contributed by atoms with Crippen LogP contribution in [-0.2, 0) is 0 Å². The van der Waals surface area contributed by atoms with Gasteiger partial charge in [0.05, 0.1) is 16.8 Å². The molecule has 1 N–H and O–H groups in total. The Morgan fingerprint density at radius 3 is 3.12 bits per heavy atom. The summed E-state index contributed by atoms with van der Waals surface area (Å²) in [6.07, 6.45) is 2.28. The zero-order valence-electron chi connectivity index (χ0n) is 10.2. The Bertz CT molecular complexity index is 431. The predicted octanol–water partition coefficient (Wildman–Crippen LogP) is 4.33. The van der Waals surface area contributed by atoms with Crippen LogP contribution in [0.4, 0.5) is 5.69 Å². The van der Waals surface area contributed by atoms with Gasteiger partial charge in [0.2, 0.25) is 0 Å². The zero-order chi connectivity index (χ0) is 12.3. The van der Waals surface area contributed by atoms with Crippen molar-refractivity contribution < 1.29 is 0 Å². The second-order valence-electron chi connectivity index (χ2n) is 4.19. The molecule has 1 atom stereocenters. The third kappa shape index (κ3) is 3.17. The number of thioether (sulfide) groups is 1. The van der Waals surface area contributed by atoms with Gasteiger partial charge in [0, 0.05) is 5.75 Å². The number of aryl methyl sites for hydroxylation is 1. The Kier molecular flexibility index (Phi) is 4.35. The van der Waals surface area contributed by atoms with E-state index < -0.39 is 0 Å². The number of anilines is 1. The lowest BCUT2D eigenvalue weighted by Gasteiger charge is -2.20. The van der Waals surface area contributed by atoms with Gasteiger partial charge in [-0.15, -0.1) is 0 Å². The Labute approximate surface area is 112 Å². The van der Waals surface area contributed by atoms with Gasteiger partial charge in [-0.3, -0.25) is 4.99 Å². The third-order valence-electron chi connectivity index (χ3n) is 2.89. The summed E-state index contributed by atoms with van der Waals surface area (Å²) in [7, 11) is 0. The molecule has 0 spiro atoms. The van der Waals surface area contributed by atoms with Crippen LogP contribution in [0.15, 0.2) is 23.2 Å². The summed E-state index contributed by atoms with van der Waals surface area (Å²) >= 11 is 8.03. The van der Waals surface area contributed by atoms with E-state index in [9.17, 15) is 0 Å². The van der Waals surface area contributed by atoms with Crippen molar-refractivity contribution in [2.75, 3.05) is 11.1 Å². The first kappa shape index (κ1) is 12.8. The number of aliphatic imine (C=N–C) groups is 1. The highest BCUT2D eigenvalue weighted by Crippen LogP contribution is 2.28. The van der Waals surface area contributed by atoms with Gasteiger partial charge in [-0.2, -0.15) is 0 Å². The lowest BCUT2D eigenvalue weighted by atomic mass is 10.2. The molecule has 4 heteroatoms. The zero-order valence-corrected chi connectivity index (χ0v) is 11.7. The van der Waals surface area contributed by atoms with Crippen molar-refractivity contribution in [2.24, 2.45) is 4.99 Å². The van der Waals surface area contributed by atoms with E-state index in [0.29, 0.717) is 6.04 Å². The minimum Gasteiger partial charge on any atom is -0.334 e. The normalized spacial score (nSPS) is 19.9. The lowest BCUT2D eigenvalue weighted by Crippen LogP contribution is -2.19. The fraction of sp³-hybridized carbons (Fsp3) is 0.462. The van der Waals surface area contributed by atoms with Gasteiger partial charge in [-0.05, 0) is 31.4 Å². The smallest absolute Gasteiger partial charge is 0.161 e. The molecule has 2 nitrogen and oxygen atoms in total. The van der Waals surface area contributed by atoms with E-state index in [0.717, 1.165) is 33.6 Å². The van der Waals surface area contributed by atoms with Gasteiger partial charge in [-0.1, -0.05) is 42.4 Å². The largest absolute Gasteiger partial charge is 0.334 e. The van der Waals surface area contributed by atoms with Crippen molar-refractivity contribution in [3.8, 4) is 0 Å². The summed E-state index contributed by atoms with van der Waals surface area (Å²) in [6, 6.07) is 6.48. The molecule has 0 radical (unpaired) electrons. The molecule has 0 saturated carbocycles. The number of nitrogens with zero attached hydrogens (tertiary/aromatic N) is 1. The highest BCUT2D eigenvalue weighted by atomic mass is 35.5. The molecule has 0 saturated heterocycles. The molecule has 1 aliphatic heterocycles. The van der Waals surface area contributed by atoms with E-state index in [1.807, 2.05) is 25.1 Å². The number of halogens is 1. The predicted molar refractivity (Wildman–Crippen MR) is 78.4 cm³/mol. The van der Waals surface area contributed by atoms with Gasteiger partial charge >= 0.3 is 0 Å². The molecule has 0 aliphatic carbocycles. The van der Waals surface area contributed by atoms with E-state index >= 15 is 0 Å². The van der Waals surface area contributed by atoms with Gasteiger partial charge in [-0.25, -0.2) is 0 Å². The molecule has 0 amide bonds. The van der Waals surface area contributed by atoms with Crippen molar-refractivity contribution in [3.63, 3.8) is 0 Å². The summed E-state index contributed by atoms with van der Waals surface area (Å²) < 4.78 is 0. The molecule has 1 aromatic carbocycles. The quantitative estimate of drug-likeness (QED) is 0.863. The Balaban J connectivity index is 2.15. The number of amidine groups is 1. The second kappa shape index (κ2) is 5.78. The monoisotopic (exact) mass is 268 g/mol. The average Bonchev–Trinajstić information content (AvgIpc) is 2.35. The maximum absolute atomic E-state index is 6.26. The fourth-order valence-electron chi connectivity index (χ4n) is 1.78. The van der Waals surface area contributed by atoms with Crippen LogP contribution in [-0.4, -0.2) is 17.0 Å². The van der Waals surface area contributed by atoms with Crippen LogP contribution in [0.25, 0.3) is 0 Å². The topological polar surface area (TPSA) is 24.4 Å². The van der Waals surface area contributed by atoms with Gasteiger partial charge < -0.3 is 5.32 Å². The van der Waals surface area contributed by atoms with Crippen LogP contribution >= 0.6 is 23.4 Å². The molecule has 17 heavy (non-hydrogen) atoms. The summed E-state index contributed by atoms with van der Waals surface area (Å²) in [5.74, 6) is 1.13. The molecular weight excluding hydrogens is 252 g/mol. The first-order valence-corrected chi connectivity index (χ1v) is 7.29. The van der Waals surface area contributed by atoms with Crippen molar-refractivity contribution in [1.82, 2.24) is 0 Å². The van der Waals surface area contributed by atoms with Gasteiger partial charge in [0.15, 0.2) is 5.17 Å². The standard InChI is InChI=1S/C13H17ClN2S/c1-3-10-7-8-17-13(15-10)16-11-6-4-5-9(2)12(11)14/h4-6,10H,3,7-8H2,1-2H3,(H,15,16). The molecular formula is C13H17ClN2S. The average molecular weight is 269 g/mol. The first-order chi connectivity index (χ1) is 8.20. The minimum absolute atomic E-state index is 0.460. The summed E-state index contributed by atoms with van der Waals surface area (Å²) in [4.78, 5) is 4.68. The summed E-state index contributed by atoms with van der Waals surface area (Å²) in [5, 5.41) is 5.12. The van der Waals surface area contributed by atoms with Crippen LogP contribution in [0.1, 0.15) is 25.3 Å². The molecule has 1 aromatic rings. The Morgan fingerprint density at radius 1 is 1.53 bits per heavy atom. The van der Waals surface area contributed by atoms with E-state index in [1.54, 1.807) is 11.8 Å². The maximum Gasteiger partial charge on any atom is 0.161 e. The van der Waals surface area contributed by atoms with Gasteiger partial charge in [0.25, 0.3) is 0 Å². The van der Waals surface area contributed by atoms with Crippen molar-refractivity contribution >= 4 is 34.2 Å². The number of rotatable bonds is 2. The molecule has 1 heterocycles. The maximum atomic E-state index is 6.26. The van der Waals surface area contributed by atoms with Crippen LogP contribution in [0.2, 0.25) is 5.02 Å². The van der Waals surface area contributed by atoms with E-state index in [-0.39, 0.29) is 0 Å². The highest BCUT2D eigenvalue weighted by molar-refractivity contribution is 8.14. The van der Waals surface area contributed by atoms with Crippen LogP contribution < -0.4 is 5.32 Å². The number of benzene rings is 1. The number of hydrogen-bond acceptors (Lipinski definition) is 3. The van der Waals surface area contributed by atoms with E-state index in [1.165, 1.54) is 6.42 Å². The molecule has 0 fully saturated rings. The van der Waals surface area contributed by atoms with E-state index in [2.05, 4.69) is 17.2 Å².